The molecule has 0 saturated carbocycles. The number of carbonyl (C=O) groups is 3. The second-order valence-electron chi connectivity index (χ2n) is 9.98. The molecule has 1 amide bonds. The largest absolute Gasteiger partial charge is 0.459 e. The summed E-state index contributed by atoms with van der Waals surface area (Å²) in [5, 5.41) is 1.39. The quantitative estimate of drug-likeness (QED) is 0.464. The first-order valence-electron chi connectivity index (χ1n) is 13.0. The van der Waals surface area contributed by atoms with E-state index in [0.717, 1.165) is 16.7 Å². The molecule has 0 unspecified atom stereocenters. The summed E-state index contributed by atoms with van der Waals surface area (Å²) in [6, 6.07) is 13.9. The fourth-order valence-corrected chi connectivity index (χ4v) is 4.62. The predicted octanol–water partition coefficient (Wildman–Crippen LogP) is 2.96. The van der Waals surface area contributed by atoms with E-state index in [1.807, 2.05) is 38.1 Å². The molecule has 0 radical (unpaired) electrons. The summed E-state index contributed by atoms with van der Waals surface area (Å²) in [7, 11) is 0. The number of fused-ring (bicyclic) bond motifs is 1. The van der Waals surface area contributed by atoms with Gasteiger partial charge in [0.2, 0.25) is 5.91 Å². The summed E-state index contributed by atoms with van der Waals surface area (Å²) in [6.07, 6.45) is -0.139. The van der Waals surface area contributed by atoms with Crippen LogP contribution in [0.2, 0.25) is 0 Å². The highest BCUT2D eigenvalue weighted by Gasteiger charge is 2.41. The van der Waals surface area contributed by atoms with E-state index in [1.165, 1.54) is 16.5 Å². The third-order valence-electron chi connectivity index (χ3n) is 6.96. The third kappa shape index (κ3) is 5.89. The van der Waals surface area contributed by atoms with Crippen molar-refractivity contribution in [3.63, 3.8) is 0 Å². The molecule has 11 heteroatoms. The standard InChI is InChI=1S/C29H30N4O7/c1-17-4-8-20(9-5-17)27(35)38-16-24-23(40-28(36)21-10-6-18(2)7-11-21)14-25(39-24)32-15-22-12-13-33(19(3)34)31-26(22)30-29(32)37/h4-11,15,23-25H,12-14,16H2,1-3H3,(H,30,31,37)/t23-,24+,25+/m0/s1. The molecule has 11 nitrogen and oxygen atoms in total. The van der Waals surface area contributed by atoms with Crippen LogP contribution in [0.5, 0.6) is 0 Å². The van der Waals surface area contributed by atoms with Gasteiger partial charge >= 0.3 is 17.6 Å². The minimum atomic E-state index is -0.817. The van der Waals surface area contributed by atoms with Crippen molar-refractivity contribution in [1.82, 2.24) is 14.6 Å². The van der Waals surface area contributed by atoms with Crippen LogP contribution in [0.1, 0.15) is 57.0 Å². The molecule has 5 rings (SSSR count). The lowest BCUT2D eigenvalue weighted by molar-refractivity contribution is -0.127. The SMILES string of the molecule is CC(=O)N1CCc2cn([C@H]3C[C@H](OC(=O)c4ccc(C)cc4)[C@@H](COC(=O)c4ccc(C)cc4)O3)c(=O)nc2N1. The Morgan fingerprint density at radius 2 is 1.62 bits per heavy atom. The maximum Gasteiger partial charge on any atom is 0.351 e. The highest BCUT2D eigenvalue weighted by atomic mass is 16.6. The number of hydrazine groups is 1. The van der Waals surface area contributed by atoms with Gasteiger partial charge in [-0.3, -0.25) is 19.8 Å². The van der Waals surface area contributed by atoms with Gasteiger partial charge in [-0.05, 0) is 44.5 Å². The van der Waals surface area contributed by atoms with Gasteiger partial charge in [0.25, 0.3) is 0 Å². The van der Waals surface area contributed by atoms with Crippen molar-refractivity contribution in [2.24, 2.45) is 0 Å². The number of aromatic nitrogens is 2. The van der Waals surface area contributed by atoms with Crippen LogP contribution in [-0.4, -0.2) is 57.8 Å². The van der Waals surface area contributed by atoms with Gasteiger partial charge < -0.3 is 14.2 Å². The predicted molar refractivity (Wildman–Crippen MR) is 144 cm³/mol. The maximum absolute atomic E-state index is 13.0. The molecule has 2 aromatic carbocycles. The van der Waals surface area contributed by atoms with Gasteiger partial charge in [0.15, 0.2) is 5.82 Å². The van der Waals surface area contributed by atoms with Crippen LogP contribution in [0, 0.1) is 13.8 Å². The molecule has 3 aromatic rings. The van der Waals surface area contributed by atoms with Crippen molar-refractivity contribution in [3.05, 3.63) is 93.0 Å². The molecular formula is C29H30N4O7. The zero-order chi connectivity index (χ0) is 28.4. The fourth-order valence-electron chi connectivity index (χ4n) is 4.62. The van der Waals surface area contributed by atoms with E-state index in [2.05, 4.69) is 10.4 Å². The average Bonchev–Trinajstić information content (AvgIpc) is 3.33. The van der Waals surface area contributed by atoms with Crippen molar-refractivity contribution < 1.29 is 28.6 Å². The monoisotopic (exact) mass is 546 g/mol. The second-order valence-corrected chi connectivity index (χ2v) is 9.98. The number of esters is 2. The van der Waals surface area contributed by atoms with Crippen LogP contribution in [0.25, 0.3) is 0 Å². The van der Waals surface area contributed by atoms with Gasteiger partial charge in [-0.2, -0.15) is 4.98 Å². The Morgan fingerprint density at radius 1 is 1.00 bits per heavy atom. The van der Waals surface area contributed by atoms with Crippen molar-refractivity contribution >= 4 is 23.7 Å². The number of anilines is 1. The molecule has 40 heavy (non-hydrogen) atoms. The van der Waals surface area contributed by atoms with E-state index in [1.54, 1.807) is 30.5 Å². The molecule has 1 aromatic heterocycles. The molecule has 0 bridgehead atoms. The molecule has 1 fully saturated rings. The highest BCUT2D eigenvalue weighted by molar-refractivity contribution is 5.90. The first kappa shape index (κ1) is 27.1. The number of nitrogens with one attached hydrogen (secondary N) is 1. The Balaban J connectivity index is 1.35. The normalized spacial score (nSPS) is 19.9. The topological polar surface area (TPSA) is 129 Å². The second kappa shape index (κ2) is 11.3. The van der Waals surface area contributed by atoms with Crippen LogP contribution >= 0.6 is 0 Å². The highest BCUT2D eigenvalue weighted by Crippen LogP contribution is 2.32. The zero-order valence-corrected chi connectivity index (χ0v) is 22.5. The Hall–Kier alpha value is -4.51. The van der Waals surface area contributed by atoms with Gasteiger partial charge in [0.1, 0.15) is 25.0 Å². The number of amides is 1. The molecule has 3 atom stereocenters. The molecule has 1 N–H and O–H groups in total. The fraction of sp³-hybridized carbons (Fsp3) is 0.345. The summed E-state index contributed by atoms with van der Waals surface area (Å²) in [6.45, 7) is 5.50. The van der Waals surface area contributed by atoms with Crippen molar-refractivity contribution in [2.45, 2.75) is 52.0 Å². The summed E-state index contributed by atoms with van der Waals surface area (Å²) >= 11 is 0. The number of benzene rings is 2. The maximum atomic E-state index is 13.0. The lowest BCUT2D eigenvalue weighted by atomic mass is 10.1. The molecule has 3 heterocycles. The van der Waals surface area contributed by atoms with E-state index < -0.39 is 36.1 Å². The van der Waals surface area contributed by atoms with E-state index in [-0.39, 0.29) is 18.9 Å². The van der Waals surface area contributed by atoms with Crippen LogP contribution in [0.4, 0.5) is 5.82 Å². The Kier molecular flexibility index (Phi) is 7.65. The van der Waals surface area contributed by atoms with E-state index in [9.17, 15) is 19.2 Å². The molecule has 0 spiro atoms. The summed E-state index contributed by atoms with van der Waals surface area (Å²) in [5.41, 5.74) is 5.78. The number of aryl methyl sites for hydroxylation is 2. The number of rotatable bonds is 6. The minimum absolute atomic E-state index is 0.151. The first-order valence-corrected chi connectivity index (χ1v) is 13.0. The van der Waals surface area contributed by atoms with Crippen molar-refractivity contribution in [1.29, 1.82) is 0 Å². The van der Waals surface area contributed by atoms with Gasteiger partial charge in [-0.1, -0.05) is 35.4 Å². The van der Waals surface area contributed by atoms with Gasteiger partial charge in [0.05, 0.1) is 11.1 Å². The number of carbonyl (C=O) groups excluding carboxylic acids is 3. The van der Waals surface area contributed by atoms with E-state index in [4.69, 9.17) is 14.2 Å². The Bertz CT molecular complexity index is 1480. The van der Waals surface area contributed by atoms with Crippen LogP contribution < -0.4 is 11.1 Å². The summed E-state index contributed by atoms with van der Waals surface area (Å²) in [4.78, 5) is 54.4. The van der Waals surface area contributed by atoms with Crippen molar-refractivity contribution in [2.75, 3.05) is 18.6 Å². The lowest BCUT2D eigenvalue weighted by Crippen LogP contribution is -2.42. The summed E-state index contributed by atoms with van der Waals surface area (Å²) in [5.74, 6) is -0.957. The average molecular weight is 547 g/mol. The first-order chi connectivity index (χ1) is 19.2. The summed E-state index contributed by atoms with van der Waals surface area (Å²) < 4.78 is 18.8. The van der Waals surface area contributed by atoms with Gasteiger partial charge in [0, 0.05) is 31.6 Å². The molecule has 0 aliphatic carbocycles. The zero-order valence-electron chi connectivity index (χ0n) is 22.5. The molecule has 2 aliphatic heterocycles. The Labute approximate surface area is 230 Å². The lowest BCUT2D eigenvalue weighted by Gasteiger charge is -2.29. The molecule has 1 saturated heterocycles. The number of hydrogen-bond acceptors (Lipinski definition) is 9. The van der Waals surface area contributed by atoms with Gasteiger partial charge in [-0.25, -0.2) is 14.4 Å². The Morgan fingerprint density at radius 3 is 2.25 bits per heavy atom. The van der Waals surface area contributed by atoms with Crippen LogP contribution in [0.15, 0.2) is 59.5 Å². The number of nitrogens with zero attached hydrogens (tertiary/aromatic N) is 3. The smallest absolute Gasteiger partial charge is 0.351 e. The van der Waals surface area contributed by atoms with Gasteiger partial charge in [-0.15, -0.1) is 0 Å². The third-order valence-corrected chi connectivity index (χ3v) is 6.96. The van der Waals surface area contributed by atoms with Crippen molar-refractivity contribution in [3.8, 4) is 0 Å². The minimum Gasteiger partial charge on any atom is -0.459 e. The molecule has 208 valence electrons. The molecular weight excluding hydrogens is 516 g/mol. The van der Waals surface area contributed by atoms with E-state index in [0.29, 0.717) is 29.9 Å². The van der Waals surface area contributed by atoms with Crippen LogP contribution in [-0.2, 0) is 25.4 Å². The van der Waals surface area contributed by atoms with Crippen LogP contribution in [0.3, 0.4) is 0 Å². The number of ether oxygens (including phenoxy) is 3. The number of hydrogen-bond donors (Lipinski definition) is 1. The van der Waals surface area contributed by atoms with E-state index >= 15 is 0 Å². The molecule has 2 aliphatic rings.